The smallest absolute Gasteiger partial charge is 0.387 e. The Hall–Kier alpha value is -7.30. The molecule has 0 radical (unpaired) electrons. The average molecular weight is 1130 g/mol. The Labute approximate surface area is 456 Å². The monoisotopic (exact) mass is 1130 g/mol. The van der Waals surface area contributed by atoms with Gasteiger partial charge in [0.15, 0.2) is 11.3 Å². The number of H-pyrrole nitrogens is 1. The number of alkyl halides is 4. The standard InChI is InChI=1S/C28H37F2N7O4Si.C25H32F2N6O3Si/c1-28(2,3)34-26(39)19-14-36(16-40-10-11-42(5,6)7)25-24(19)33-20(13-32-25)23-18-12-17(41-27(29)30)8-9-21(18)37(35-23)15-22(38)31-4;1-25(2,3)30-23(34)17-13-33(14-35-9-10-37(4,5)6)22-21(17)29-19(12-28-22)20-16-11-15(36-24(26)27)7-8-18(16)31-32-20/h8-9,12-14,27H,10-11,15-16H2,1-7H3,(H,31,38)(H,34,39);7-8,11-13,24H,9-10,14H2,1-6H3,(H,30,34)(H,31,32). The van der Waals surface area contributed by atoms with Gasteiger partial charge in [0.2, 0.25) is 5.91 Å². The second kappa shape index (κ2) is 24.0. The average Bonchev–Trinajstić information content (AvgIpc) is 4.35. The lowest BCUT2D eigenvalue weighted by Crippen LogP contribution is -2.40. The predicted octanol–water partition coefficient (Wildman–Crippen LogP) is 10.1. The minimum atomic E-state index is -3.01. The van der Waals surface area contributed by atoms with Crippen LogP contribution >= 0.6 is 0 Å². The van der Waals surface area contributed by atoms with Crippen LogP contribution in [-0.2, 0) is 34.3 Å². The van der Waals surface area contributed by atoms with Gasteiger partial charge in [-0.2, -0.15) is 27.8 Å². The summed E-state index contributed by atoms with van der Waals surface area (Å²) in [6, 6.07) is 10.9. The number of rotatable bonds is 20. The number of halogens is 4. The van der Waals surface area contributed by atoms with E-state index in [-0.39, 0.29) is 49.2 Å². The molecule has 0 aliphatic carbocycles. The largest absolute Gasteiger partial charge is 0.435 e. The van der Waals surface area contributed by atoms with Crippen LogP contribution in [0, 0.1) is 0 Å². The van der Waals surface area contributed by atoms with Gasteiger partial charge in [0.25, 0.3) is 11.8 Å². The Morgan fingerprint density at radius 3 is 1.59 bits per heavy atom. The molecule has 0 unspecified atom stereocenters. The van der Waals surface area contributed by atoms with Crippen LogP contribution in [0.5, 0.6) is 11.5 Å². The molecule has 0 saturated heterocycles. The minimum absolute atomic E-state index is 0.00560. The number of benzene rings is 2. The number of hydrogen-bond donors (Lipinski definition) is 4. The molecule has 0 atom stereocenters. The van der Waals surface area contributed by atoms with Gasteiger partial charge in [-0.25, -0.2) is 19.9 Å². The van der Waals surface area contributed by atoms with Crippen molar-refractivity contribution in [3.8, 4) is 34.3 Å². The summed E-state index contributed by atoms with van der Waals surface area (Å²) >= 11 is 0. The topological polar surface area (TPSA) is 232 Å². The van der Waals surface area contributed by atoms with Crippen molar-refractivity contribution in [3.63, 3.8) is 0 Å². The second-order valence-corrected chi connectivity index (χ2v) is 34.6. The molecule has 0 aliphatic rings. The fraction of sp³-hybridized carbons (Fsp3) is 0.453. The number of fused-ring (bicyclic) bond motifs is 4. The van der Waals surface area contributed by atoms with Crippen LogP contribution in [0.3, 0.4) is 0 Å². The zero-order chi connectivity index (χ0) is 57.8. The first-order valence-corrected chi connectivity index (χ1v) is 33.0. The summed E-state index contributed by atoms with van der Waals surface area (Å²) in [6.45, 7) is 20.6. The maximum Gasteiger partial charge on any atom is 0.387 e. The van der Waals surface area contributed by atoms with E-state index in [1.807, 2.05) is 41.5 Å². The molecule has 0 spiro atoms. The molecule has 0 aliphatic heterocycles. The van der Waals surface area contributed by atoms with Crippen molar-refractivity contribution in [3.05, 3.63) is 72.3 Å². The first-order valence-electron chi connectivity index (χ1n) is 25.6. The van der Waals surface area contributed by atoms with Crippen LogP contribution in [0.2, 0.25) is 51.4 Å². The molecular formula is C53H69F4N13O7Si2. The SMILES string of the molecule is CC(C)(C)NC(=O)c1cn(COCC[Si](C)(C)C)c2ncc(-c3n[nH]c4ccc(OC(F)F)cc34)nc12.CNC(=O)Cn1nc(-c2cnc3c(n2)c(C(=O)NC(C)(C)C)cn3COCC[Si](C)(C)C)c2cc(OC(F)F)ccc21. The number of nitrogens with zero attached hydrogens (tertiary/aromatic N) is 9. The highest BCUT2D eigenvalue weighted by atomic mass is 28.3. The van der Waals surface area contributed by atoms with Crippen LogP contribution in [0.15, 0.2) is 61.2 Å². The summed E-state index contributed by atoms with van der Waals surface area (Å²) < 4.78 is 77.4. The zero-order valence-electron chi connectivity index (χ0n) is 46.8. The number of carbonyl (C=O) groups excluding carboxylic acids is 3. The van der Waals surface area contributed by atoms with E-state index in [1.54, 1.807) is 39.9 Å². The van der Waals surface area contributed by atoms with Gasteiger partial charge >= 0.3 is 13.2 Å². The molecule has 0 saturated carbocycles. The molecule has 2 aromatic carbocycles. The number of aromatic amines is 1. The lowest BCUT2D eigenvalue weighted by atomic mass is 10.1. The van der Waals surface area contributed by atoms with Crippen LogP contribution in [0.25, 0.3) is 66.9 Å². The highest BCUT2D eigenvalue weighted by Crippen LogP contribution is 2.34. The summed E-state index contributed by atoms with van der Waals surface area (Å²) in [7, 11) is -1.03. The van der Waals surface area contributed by atoms with E-state index in [9.17, 15) is 31.9 Å². The fourth-order valence-corrected chi connectivity index (χ4v) is 9.50. The third-order valence-electron chi connectivity index (χ3n) is 11.8. The van der Waals surface area contributed by atoms with E-state index >= 15 is 0 Å². The highest BCUT2D eigenvalue weighted by Gasteiger charge is 2.27. The minimum Gasteiger partial charge on any atom is -0.435 e. The van der Waals surface area contributed by atoms with E-state index in [4.69, 9.17) is 19.4 Å². The fourth-order valence-electron chi connectivity index (χ4n) is 7.98. The molecule has 0 bridgehead atoms. The Balaban J connectivity index is 0.000000230. The number of hydrogen-bond acceptors (Lipinski definition) is 13. The molecule has 4 N–H and O–H groups in total. The van der Waals surface area contributed by atoms with Crippen molar-refractivity contribution in [2.24, 2.45) is 0 Å². The molecule has 26 heteroatoms. The van der Waals surface area contributed by atoms with Crippen molar-refractivity contribution in [2.75, 3.05) is 20.3 Å². The molecule has 8 rings (SSSR count). The van der Waals surface area contributed by atoms with Crippen LogP contribution in [0.4, 0.5) is 17.6 Å². The third kappa shape index (κ3) is 15.7. The van der Waals surface area contributed by atoms with Crippen molar-refractivity contribution in [1.29, 1.82) is 0 Å². The molecule has 3 amide bonds. The lowest BCUT2D eigenvalue weighted by molar-refractivity contribution is -0.121. The van der Waals surface area contributed by atoms with Crippen LogP contribution in [0.1, 0.15) is 62.3 Å². The van der Waals surface area contributed by atoms with Gasteiger partial charge in [-0.1, -0.05) is 39.3 Å². The van der Waals surface area contributed by atoms with Gasteiger partial charge in [0.05, 0.1) is 34.6 Å². The van der Waals surface area contributed by atoms with E-state index in [0.717, 1.165) is 12.1 Å². The van der Waals surface area contributed by atoms with Gasteiger partial charge in [-0.05, 0) is 90.0 Å². The third-order valence-corrected chi connectivity index (χ3v) is 15.2. The highest BCUT2D eigenvalue weighted by molar-refractivity contribution is 6.76. The van der Waals surface area contributed by atoms with Crippen LogP contribution < -0.4 is 25.4 Å². The van der Waals surface area contributed by atoms with Crippen molar-refractivity contribution < 1.29 is 50.9 Å². The Morgan fingerprint density at radius 2 is 1.14 bits per heavy atom. The van der Waals surface area contributed by atoms with Gasteiger partial charge in [-0.3, -0.25) is 24.2 Å². The second-order valence-electron chi connectivity index (χ2n) is 23.4. The van der Waals surface area contributed by atoms with E-state index < -0.39 is 40.4 Å². The quantitative estimate of drug-likeness (QED) is 0.0317. The van der Waals surface area contributed by atoms with E-state index in [0.29, 0.717) is 91.2 Å². The van der Waals surface area contributed by atoms with Gasteiger partial charge < -0.3 is 44.0 Å². The molecular weight excluding hydrogens is 1060 g/mol. The first kappa shape index (κ1) is 59.4. The molecule has 6 aromatic heterocycles. The summed E-state index contributed by atoms with van der Waals surface area (Å²) in [6.07, 6.45) is 6.41. The number of carbonyl (C=O) groups is 3. The summed E-state index contributed by atoms with van der Waals surface area (Å²) in [5, 5.41) is 21.2. The number of aromatic nitrogens is 10. The molecule has 20 nitrogen and oxygen atoms in total. The lowest BCUT2D eigenvalue weighted by Gasteiger charge is -2.20. The molecule has 79 heavy (non-hydrogen) atoms. The normalized spacial score (nSPS) is 12.4. The number of amides is 3. The molecule has 0 fully saturated rings. The maximum absolute atomic E-state index is 13.3. The zero-order valence-corrected chi connectivity index (χ0v) is 48.8. The van der Waals surface area contributed by atoms with Crippen molar-refractivity contribution in [2.45, 2.75) is 137 Å². The van der Waals surface area contributed by atoms with E-state index in [2.05, 4.69) is 90.0 Å². The van der Waals surface area contributed by atoms with Crippen molar-refractivity contribution in [1.82, 2.24) is 65.0 Å². The molecule has 424 valence electrons. The Bertz CT molecular complexity index is 3480. The van der Waals surface area contributed by atoms with Gasteiger partial charge in [0, 0.05) is 70.7 Å². The summed E-state index contributed by atoms with van der Waals surface area (Å²) in [5.41, 5.74) is 3.89. The van der Waals surface area contributed by atoms with Crippen LogP contribution in [-0.4, -0.2) is 127 Å². The van der Waals surface area contributed by atoms with Gasteiger partial charge in [0.1, 0.15) is 65.3 Å². The summed E-state index contributed by atoms with van der Waals surface area (Å²) in [4.78, 5) is 57.4. The van der Waals surface area contributed by atoms with Gasteiger partial charge in [-0.15, -0.1) is 0 Å². The van der Waals surface area contributed by atoms with Crippen molar-refractivity contribution >= 4 is 78.0 Å². The summed E-state index contributed by atoms with van der Waals surface area (Å²) in [5.74, 6) is -0.982. The predicted molar refractivity (Wildman–Crippen MR) is 299 cm³/mol. The number of likely N-dealkylation sites (N-methyl/N-ethyl adjacent to an activating group) is 1. The maximum atomic E-state index is 13.3. The van der Waals surface area contributed by atoms with E-state index in [1.165, 1.54) is 42.2 Å². The molecule has 8 aromatic rings. The first-order chi connectivity index (χ1) is 37.0. The number of ether oxygens (including phenoxy) is 4. The Kier molecular flexibility index (Phi) is 18.0. The number of nitrogens with one attached hydrogen (secondary N) is 4. The molecule has 6 heterocycles. The Morgan fingerprint density at radius 1 is 0.671 bits per heavy atom.